The number of hydrogen-bond donors (Lipinski definition) is 1. The number of carbonyl (C=O) groups is 2. The molecule has 0 aromatic carbocycles. The minimum absolute atomic E-state index is 0.0116. The summed E-state index contributed by atoms with van der Waals surface area (Å²) < 4.78 is 0. The van der Waals surface area contributed by atoms with E-state index in [4.69, 9.17) is 5.41 Å². The third-order valence-corrected chi connectivity index (χ3v) is 7.52. The predicted molar refractivity (Wildman–Crippen MR) is 129 cm³/mol. The van der Waals surface area contributed by atoms with E-state index < -0.39 is 0 Å². The summed E-state index contributed by atoms with van der Waals surface area (Å²) in [5, 5.41) is 8.00. The lowest BCUT2D eigenvalue weighted by atomic mass is 9.81. The van der Waals surface area contributed by atoms with E-state index in [1.165, 1.54) is 11.3 Å². The lowest BCUT2D eigenvalue weighted by molar-refractivity contribution is -0.124. The van der Waals surface area contributed by atoms with Gasteiger partial charge in [-0.1, -0.05) is 18.8 Å². The van der Waals surface area contributed by atoms with Gasteiger partial charge in [-0.15, -0.1) is 11.3 Å². The molecule has 3 rings (SSSR count). The van der Waals surface area contributed by atoms with Crippen molar-refractivity contribution in [2.75, 3.05) is 4.90 Å². The molecule has 1 aromatic rings. The number of amides is 1. The molecular formula is C26H36N2O2S. The molecule has 2 saturated carbocycles. The van der Waals surface area contributed by atoms with Gasteiger partial charge in [0.1, 0.15) is 0 Å². The summed E-state index contributed by atoms with van der Waals surface area (Å²) in [6, 6.07) is 2.01. The van der Waals surface area contributed by atoms with Crippen molar-refractivity contribution in [3.8, 4) is 11.8 Å². The molecule has 0 bridgehead atoms. The highest BCUT2D eigenvalue weighted by atomic mass is 32.1. The summed E-state index contributed by atoms with van der Waals surface area (Å²) in [5.41, 5.74) is 1.39. The molecule has 31 heavy (non-hydrogen) atoms. The zero-order valence-electron chi connectivity index (χ0n) is 19.6. The lowest BCUT2D eigenvalue weighted by Gasteiger charge is -2.38. The van der Waals surface area contributed by atoms with Crippen LogP contribution < -0.4 is 4.90 Å². The first-order chi connectivity index (χ1) is 14.5. The third-order valence-electron chi connectivity index (χ3n) is 6.38. The first-order valence-electron chi connectivity index (χ1n) is 11.6. The number of rotatable bonds is 4. The second kappa shape index (κ2) is 9.69. The van der Waals surface area contributed by atoms with Crippen molar-refractivity contribution in [3.05, 3.63) is 15.8 Å². The maximum Gasteiger partial charge on any atom is 0.230 e. The van der Waals surface area contributed by atoms with E-state index in [9.17, 15) is 9.59 Å². The molecule has 0 atom stereocenters. The number of ketones is 1. The van der Waals surface area contributed by atoms with Crippen LogP contribution in [-0.2, 0) is 4.79 Å². The number of nitrogens with zero attached hydrogens (tertiary/aromatic N) is 1. The van der Waals surface area contributed by atoms with E-state index in [-0.39, 0.29) is 29.1 Å². The number of Topliss-reactive ketones (excluding diaryl/α,β-unsaturated/α-hetero) is 1. The standard InChI is InChI=1S/C26H36N2O2S/c1-17-6-8-19(9-7-17)25(30)28(21-12-10-20(27)11-13-21)23-16-22(14-15-26(3,4)5)31-24(23)18(2)29/h16-17,19,21,27H,6-13H2,1-5H3. The molecule has 1 N–H and O–H groups in total. The molecule has 4 nitrogen and oxygen atoms in total. The number of anilines is 1. The third kappa shape index (κ3) is 6.07. The molecule has 0 aliphatic heterocycles. The van der Waals surface area contributed by atoms with Crippen LogP contribution in [0.2, 0.25) is 0 Å². The van der Waals surface area contributed by atoms with Crippen molar-refractivity contribution in [1.29, 1.82) is 5.41 Å². The fourth-order valence-corrected chi connectivity index (χ4v) is 5.43. The van der Waals surface area contributed by atoms with Gasteiger partial charge in [-0.2, -0.15) is 0 Å². The van der Waals surface area contributed by atoms with Crippen LogP contribution in [0, 0.1) is 34.5 Å². The molecule has 2 aliphatic rings. The largest absolute Gasteiger partial charge is 0.310 e. The van der Waals surface area contributed by atoms with Gasteiger partial charge in [0.15, 0.2) is 5.78 Å². The fourth-order valence-electron chi connectivity index (χ4n) is 4.53. The van der Waals surface area contributed by atoms with Crippen LogP contribution in [0.25, 0.3) is 0 Å². The quantitative estimate of drug-likeness (QED) is 0.431. The Morgan fingerprint density at radius 3 is 2.26 bits per heavy atom. The summed E-state index contributed by atoms with van der Waals surface area (Å²) in [7, 11) is 0. The highest BCUT2D eigenvalue weighted by molar-refractivity contribution is 7.15. The summed E-state index contributed by atoms with van der Waals surface area (Å²) in [6.07, 6.45) is 7.08. The molecule has 2 fully saturated rings. The van der Waals surface area contributed by atoms with Crippen LogP contribution >= 0.6 is 11.3 Å². The number of nitrogens with one attached hydrogen (secondary N) is 1. The summed E-state index contributed by atoms with van der Waals surface area (Å²) in [5.74, 6) is 7.36. The SMILES string of the molecule is CC(=O)c1sc(C#CC(C)(C)C)cc1N(C(=O)C1CCC(C)CC1)C1CCC(=N)CC1. The molecule has 0 radical (unpaired) electrons. The second-order valence-electron chi connectivity index (χ2n) is 10.4. The Kier molecular flexibility index (Phi) is 7.42. The zero-order valence-corrected chi connectivity index (χ0v) is 20.5. The molecule has 5 heteroatoms. The zero-order chi connectivity index (χ0) is 22.8. The van der Waals surface area contributed by atoms with Crippen LogP contribution in [0.1, 0.15) is 101 Å². The topological polar surface area (TPSA) is 61.2 Å². The van der Waals surface area contributed by atoms with Crippen LogP contribution in [-0.4, -0.2) is 23.4 Å². The highest BCUT2D eigenvalue weighted by Gasteiger charge is 2.36. The highest BCUT2D eigenvalue weighted by Crippen LogP contribution is 2.38. The van der Waals surface area contributed by atoms with Crippen molar-refractivity contribution in [3.63, 3.8) is 0 Å². The Hall–Kier alpha value is -1.93. The fraction of sp³-hybridized carbons (Fsp3) is 0.654. The van der Waals surface area contributed by atoms with Crippen molar-refractivity contribution >= 4 is 34.4 Å². The summed E-state index contributed by atoms with van der Waals surface area (Å²) >= 11 is 1.41. The molecule has 168 valence electrons. The lowest BCUT2D eigenvalue weighted by Crippen LogP contribution is -2.46. The molecule has 0 unspecified atom stereocenters. The van der Waals surface area contributed by atoms with Gasteiger partial charge in [0.05, 0.1) is 15.4 Å². The summed E-state index contributed by atoms with van der Waals surface area (Å²) in [6.45, 7) is 10.0. The maximum atomic E-state index is 13.8. The number of thiophene rings is 1. The van der Waals surface area contributed by atoms with Crippen LogP contribution in [0.5, 0.6) is 0 Å². The Bertz CT molecular complexity index is 894. The van der Waals surface area contributed by atoms with Gasteiger partial charge in [0.2, 0.25) is 5.91 Å². The smallest absolute Gasteiger partial charge is 0.230 e. The molecule has 2 aliphatic carbocycles. The van der Waals surface area contributed by atoms with Crippen molar-refractivity contribution < 1.29 is 9.59 Å². The van der Waals surface area contributed by atoms with Gasteiger partial charge in [0.25, 0.3) is 0 Å². The van der Waals surface area contributed by atoms with Crippen molar-refractivity contribution in [1.82, 2.24) is 0 Å². The van der Waals surface area contributed by atoms with Crippen LogP contribution in [0.4, 0.5) is 5.69 Å². The van der Waals surface area contributed by atoms with E-state index in [1.54, 1.807) is 6.92 Å². The minimum atomic E-state index is -0.126. The molecule has 1 heterocycles. The average molecular weight is 441 g/mol. The maximum absolute atomic E-state index is 13.8. The molecular weight excluding hydrogens is 404 g/mol. The normalized spacial score (nSPS) is 24.3. The van der Waals surface area contributed by atoms with Crippen molar-refractivity contribution in [2.24, 2.45) is 17.3 Å². The van der Waals surface area contributed by atoms with Crippen LogP contribution in [0.3, 0.4) is 0 Å². The van der Waals surface area contributed by atoms with Gasteiger partial charge in [0, 0.05) is 30.0 Å². The monoisotopic (exact) mass is 440 g/mol. The summed E-state index contributed by atoms with van der Waals surface area (Å²) in [4.78, 5) is 29.8. The first-order valence-corrected chi connectivity index (χ1v) is 12.4. The van der Waals surface area contributed by atoms with Gasteiger partial charge in [-0.05, 0) is 84.1 Å². The second-order valence-corrected chi connectivity index (χ2v) is 11.4. The first kappa shape index (κ1) is 23.7. The van der Waals surface area contributed by atoms with Crippen LogP contribution in [0.15, 0.2) is 6.07 Å². The number of carbonyl (C=O) groups excluding carboxylic acids is 2. The van der Waals surface area contributed by atoms with Gasteiger partial charge in [-0.25, -0.2) is 0 Å². The number of hydrogen-bond acceptors (Lipinski definition) is 4. The van der Waals surface area contributed by atoms with E-state index in [1.807, 2.05) is 11.0 Å². The van der Waals surface area contributed by atoms with Gasteiger partial charge < -0.3 is 10.3 Å². The Morgan fingerprint density at radius 2 is 1.71 bits per heavy atom. The minimum Gasteiger partial charge on any atom is -0.310 e. The molecule has 1 aromatic heterocycles. The van der Waals surface area contributed by atoms with Crippen molar-refractivity contribution in [2.45, 2.75) is 92.0 Å². The average Bonchev–Trinajstić information content (AvgIpc) is 3.12. The Morgan fingerprint density at radius 1 is 1.10 bits per heavy atom. The Balaban J connectivity index is 2.00. The van der Waals surface area contributed by atoms with E-state index in [2.05, 4.69) is 39.5 Å². The van der Waals surface area contributed by atoms with E-state index >= 15 is 0 Å². The molecule has 1 amide bonds. The molecule has 0 saturated heterocycles. The van der Waals surface area contributed by atoms with E-state index in [0.717, 1.165) is 67.6 Å². The van der Waals surface area contributed by atoms with Gasteiger partial charge in [-0.3, -0.25) is 9.59 Å². The van der Waals surface area contributed by atoms with Gasteiger partial charge >= 0.3 is 0 Å². The van der Waals surface area contributed by atoms with E-state index in [0.29, 0.717) is 10.8 Å². The molecule has 0 spiro atoms. The predicted octanol–water partition coefficient (Wildman–Crippen LogP) is 6.47. The Labute approximate surface area is 191 Å².